The standard InChI is InChI=1S/C17H22N4O2/c22-17(16-11-18-20-19-16)6-1-7-21(12-17)8-4-13-2-3-15-14(10-13)5-9-23-15/h2-3,10-11,22H,1,4-9,12H2,(H,18,19,20)/t17-/m1/s1. The summed E-state index contributed by atoms with van der Waals surface area (Å²) in [7, 11) is 0. The van der Waals surface area contributed by atoms with Gasteiger partial charge in [-0.15, -0.1) is 0 Å². The summed E-state index contributed by atoms with van der Waals surface area (Å²) in [4.78, 5) is 2.32. The van der Waals surface area contributed by atoms with Crippen molar-refractivity contribution < 1.29 is 9.84 Å². The summed E-state index contributed by atoms with van der Waals surface area (Å²) in [5.41, 5.74) is 2.43. The van der Waals surface area contributed by atoms with Crippen molar-refractivity contribution in [2.24, 2.45) is 0 Å². The van der Waals surface area contributed by atoms with Gasteiger partial charge in [-0.3, -0.25) is 4.90 Å². The first-order valence-corrected chi connectivity index (χ1v) is 8.29. The van der Waals surface area contributed by atoms with Crippen LogP contribution in [0.25, 0.3) is 0 Å². The number of rotatable bonds is 4. The number of hydrogen-bond acceptors (Lipinski definition) is 5. The average Bonchev–Trinajstić information content (AvgIpc) is 3.24. The number of H-pyrrole nitrogens is 1. The lowest BCUT2D eigenvalue weighted by molar-refractivity contribution is -0.0385. The van der Waals surface area contributed by atoms with Gasteiger partial charge in [0.05, 0.1) is 12.8 Å². The molecule has 6 heteroatoms. The minimum absolute atomic E-state index is 0.619. The summed E-state index contributed by atoms with van der Waals surface area (Å²) in [5.74, 6) is 1.03. The minimum Gasteiger partial charge on any atom is -0.493 e. The van der Waals surface area contributed by atoms with Crippen molar-refractivity contribution in [3.8, 4) is 5.75 Å². The van der Waals surface area contributed by atoms with Crippen LogP contribution in [0.3, 0.4) is 0 Å². The second kappa shape index (κ2) is 5.94. The molecule has 122 valence electrons. The van der Waals surface area contributed by atoms with Crippen LogP contribution < -0.4 is 4.74 Å². The Morgan fingerprint density at radius 1 is 1.39 bits per heavy atom. The Morgan fingerprint density at radius 3 is 3.22 bits per heavy atom. The fourth-order valence-corrected chi connectivity index (χ4v) is 3.63. The molecule has 0 radical (unpaired) electrons. The maximum Gasteiger partial charge on any atom is 0.123 e. The smallest absolute Gasteiger partial charge is 0.123 e. The molecule has 23 heavy (non-hydrogen) atoms. The molecule has 1 aromatic heterocycles. The maximum absolute atomic E-state index is 10.8. The molecule has 2 aliphatic rings. The quantitative estimate of drug-likeness (QED) is 0.889. The van der Waals surface area contributed by atoms with Crippen LogP contribution in [0.15, 0.2) is 24.4 Å². The molecule has 3 heterocycles. The SMILES string of the molecule is O[C@]1(c2cn[nH]n2)CCCN(CCc2ccc3c(c2)CCO3)C1. The van der Waals surface area contributed by atoms with E-state index in [2.05, 4.69) is 38.5 Å². The lowest BCUT2D eigenvalue weighted by Gasteiger charge is -2.38. The molecule has 4 rings (SSSR count). The average molecular weight is 314 g/mol. The van der Waals surface area contributed by atoms with Crippen molar-refractivity contribution in [1.82, 2.24) is 20.3 Å². The number of likely N-dealkylation sites (tertiary alicyclic amines) is 1. The lowest BCUT2D eigenvalue weighted by atomic mass is 9.90. The Hall–Kier alpha value is -1.92. The Kier molecular flexibility index (Phi) is 3.79. The molecule has 0 spiro atoms. The summed E-state index contributed by atoms with van der Waals surface area (Å²) in [6.07, 6.45) is 5.35. The zero-order valence-electron chi connectivity index (χ0n) is 13.2. The van der Waals surface area contributed by atoms with E-state index in [0.29, 0.717) is 12.2 Å². The van der Waals surface area contributed by atoms with E-state index in [-0.39, 0.29) is 0 Å². The van der Waals surface area contributed by atoms with Crippen LogP contribution in [0.2, 0.25) is 0 Å². The van der Waals surface area contributed by atoms with Crippen LogP contribution >= 0.6 is 0 Å². The predicted molar refractivity (Wildman–Crippen MR) is 85.3 cm³/mol. The molecule has 6 nitrogen and oxygen atoms in total. The third-order valence-electron chi connectivity index (χ3n) is 4.91. The molecule has 0 amide bonds. The van der Waals surface area contributed by atoms with Crippen molar-refractivity contribution >= 4 is 0 Å². The number of aliphatic hydroxyl groups is 1. The number of aromatic amines is 1. The van der Waals surface area contributed by atoms with Crippen LogP contribution in [0.4, 0.5) is 0 Å². The summed E-state index contributed by atoms with van der Waals surface area (Å²) in [5, 5.41) is 21.3. The van der Waals surface area contributed by atoms with E-state index in [0.717, 1.165) is 51.1 Å². The summed E-state index contributed by atoms with van der Waals surface area (Å²) >= 11 is 0. The van der Waals surface area contributed by atoms with Gasteiger partial charge in [0.1, 0.15) is 17.0 Å². The second-order valence-corrected chi connectivity index (χ2v) is 6.56. The number of β-amino-alcohol motifs (C(OH)–C–C–N with tert-alkyl or cyclic N) is 1. The molecular formula is C17H22N4O2. The number of piperidine rings is 1. The fourth-order valence-electron chi connectivity index (χ4n) is 3.63. The third kappa shape index (κ3) is 2.96. The number of fused-ring (bicyclic) bond motifs is 1. The van der Waals surface area contributed by atoms with Gasteiger partial charge in [-0.2, -0.15) is 15.4 Å². The van der Waals surface area contributed by atoms with Gasteiger partial charge < -0.3 is 9.84 Å². The molecule has 1 aromatic carbocycles. The Morgan fingerprint density at radius 2 is 2.35 bits per heavy atom. The molecule has 2 aromatic rings. The van der Waals surface area contributed by atoms with E-state index in [1.54, 1.807) is 6.20 Å². The number of nitrogens with zero attached hydrogens (tertiary/aromatic N) is 3. The van der Waals surface area contributed by atoms with Crippen molar-refractivity contribution in [2.45, 2.75) is 31.3 Å². The van der Waals surface area contributed by atoms with Gasteiger partial charge in [0.25, 0.3) is 0 Å². The molecule has 0 bridgehead atoms. The Labute approximate surface area is 135 Å². The molecule has 1 fully saturated rings. The predicted octanol–water partition coefficient (Wildman–Crippen LogP) is 1.27. The van der Waals surface area contributed by atoms with Crippen molar-refractivity contribution in [3.05, 3.63) is 41.2 Å². The van der Waals surface area contributed by atoms with Crippen LogP contribution in [0.1, 0.15) is 29.7 Å². The Balaban J connectivity index is 1.39. The van der Waals surface area contributed by atoms with Crippen LogP contribution in [-0.4, -0.2) is 51.7 Å². The van der Waals surface area contributed by atoms with Crippen LogP contribution in [0.5, 0.6) is 5.75 Å². The van der Waals surface area contributed by atoms with Gasteiger partial charge in [-0.05, 0) is 43.0 Å². The molecule has 2 aliphatic heterocycles. The third-order valence-corrected chi connectivity index (χ3v) is 4.91. The molecule has 1 atom stereocenters. The monoisotopic (exact) mass is 314 g/mol. The first-order valence-electron chi connectivity index (χ1n) is 8.29. The number of nitrogens with one attached hydrogen (secondary N) is 1. The molecule has 0 aliphatic carbocycles. The molecule has 1 saturated heterocycles. The maximum atomic E-state index is 10.8. The van der Waals surface area contributed by atoms with E-state index in [1.807, 2.05) is 0 Å². The van der Waals surface area contributed by atoms with E-state index in [9.17, 15) is 5.11 Å². The van der Waals surface area contributed by atoms with Gasteiger partial charge in [-0.25, -0.2) is 0 Å². The molecule has 0 saturated carbocycles. The molecule has 2 N–H and O–H groups in total. The lowest BCUT2D eigenvalue weighted by Crippen LogP contribution is -2.46. The van der Waals surface area contributed by atoms with Gasteiger partial charge in [0.2, 0.25) is 0 Å². The first-order chi connectivity index (χ1) is 11.2. The van der Waals surface area contributed by atoms with Crippen LogP contribution in [-0.2, 0) is 18.4 Å². The largest absolute Gasteiger partial charge is 0.493 e. The highest BCUT2D eigenvalue weighted by molar-refractivity contribution is 5.39. The van der Waals surface area contributed by atoms with Crippen LogP contribution in [0, 0.1) is 0 Å². The molecular weight excluding hydrogens is 292 g/mol. The van der Waals surface area contributed by atoms with Gasteiger partial charge in [0, 0.05) is 19.5 Å². The minimum atomic E-state index is -0.878. The van der Waals surface area contributed by atoms with Crippen molar-refractivity contribution in [1.29, 1.82) is 0 Å². The zero-order chi connectivity index (χ0) is 15.7. The number of hydrogen-bond donors (Lipinski definition) is 2. The zero-order valence-corrected chi connectivity index (χ0v) is 13.2. The number of aromatic nitrogens is 3. The second-order valence-electron chi connectivity index (χ2n) is 6.56. The van der Waals surface area contributed by atoms with E-state index >= 15 is 0 Å². The normalized spacial score (nSPS) is 24.4. The first kappa shape index (κ1) is 14.7. The number of benzene rings is 1. The summed E-state index contributed by atoms with van der Waals surface area (Å²) in [6, 6.07) is 6.49. The topological polar surface area (TPSA) is 74.3 Å². The highest BCUT2D eigenvalue weighted by atomic mass is 16.5. The van der Waals surface area contributed by atoms with Gasteiger partial charge in [0.15, 0.2) is 0 Å². The van der Waals surface area contributed by atoms with E-state index < -0.39 is 5.60 Å². The number of ether oxygens (including phenoxy) is 1. The summed E-state index contributed by atoms with van der Waals surface area (Å²) in [6.45, 7) is 3.39. The Bertz CT molecular complexity index is 673. The highest BCUT2D eigenvalue weighted by Crippen LogP contribution is 2.30. The van der Waals surface area contributed by atoms with Gasteiger partial charge >= 0.3 is 0 Å². The van der Waals surface area contributed by atoms with E-state index in [1.165, 1.54) is 11.1 Å². The van der Waals surface area contributed by atoms with E-state index in [4.69, 9.17) is 4.74 Å². The highest BCUT2D eigenvalue weighted by Gasteiger charge is 2.36. The van der Waals surface area contributed by atoms with Gasteiger partial charge in [-0.1, -0.05) is 12.1 Å². The summed E-state index contributed by atoms with van der Waals surface area (Å²) < 4.78 is 5.56. The molecule has 0 unspecified atom stereocenters. The fraction of sp³-hybridized carbons (Fsp3) is 0.529. The van der Waals surface area contributed by atoms with Crippen molar-refractivity contribution in [3.63, 3.8) is 0 Å². The van der Waals surface area contributed by atoms with Crippen molar-refractivity contribution in [2.75, 3.05) is 26.2 Å².